The van der Waals surface area contributed by atoms with Crippen LogP contribution in [0.2, 0.25) is 0 Å². The molecular formula is C40H30Br4Cl2F4O4. The zero-order valence-corrected chi connectivity index (χ0v) is 35.3. The van der Waals surface area contributed by atoms with Crippen molar-refractivity contribution in [2.45, 2.75) is 7.43 Å². The molecule has 0 unspecified atom stereocenters. The van der Waals surface area contributed by atoms with E-state index in [0.717, 1.165) is 21.1 Å². The second-order valence-electron chi connectivity index (χ2n) is 10.7. The molecule has 4 nitrogen and oxygen atoms in total. The summed E-state index contributed by atoms with van der Waals surface area (Å²) in [5.41, 5.74) is 1.39. The number of ether oxygens (including phenoxy) is 2. The molecular weight excluding hydrogens is 1010 g/mol. The maximum atomic E-state index is 14.9. The van der Waals surface area contributed by atoms with Gasteiger partial charge in [0.15, 0.2) is 0 Å². The number of rotatable bonds is 6. The van der Waals surface area contributed by atoms with Gasteiger partial charge in [0.2, 0.25) is 0 Å². The standard InChI is InChI=1S/C20H14Br2F2O2.C18H10Br2F2O2.CH2Cl2.CH4/c1-25-19-5-3-11(21)7-15(19)13-9-18(24)14(10-17(13)23)16-8-12(22)4-6-20(16)26-2;19-9-1-3-17(23)13(5-9)11-7-16(22)12(8-15(11)21)14-6-10(20)2-4-18(14)24;2-1-3;/h3-10H,1-2H3;1-8,23-24H;1H2;1H4. The summed E-state index contributed by atoms with van der Waals surface area (Å²) in [6, 6.07) is 23.7. The predicted molar refractivity (Wildman–Crippen MR) is 225 cm³/mol. The molecule has 0 aliphatic heterocycles. The highest BCUT2D eigenvalue weighted by Gasteiger charge is 2.20. The van der Waals surface area contributed by atoms with Crippen LogP contribution in [0.1, 0.15) is 7.43 Å². The lowest BCUT2D eigenvalue weighted by Gasteiger charge is -2.14. The van der Waals surface area contributed by atoms with Gasteiger partial charge in [0.25, 0.3) is 0 Å². The highest BCUT2D eigenvalue weighted by atomic mass is 79.9. The van der Waals surface area contributed by atoms with Gasteiger partial charge in [-0.25, -0.2) is 17.6 Å². The average molecular weight is 1040 g/mol. The van der Waals surface area contributed by atoms with Crippen molar-refractivity contribution >= 4 is 86.9 Å². The topological polar surface area (TPSA) is 58.9 Å². The zero-order chi connectivity index (χ0) is 39.0. The van der Waals surface area contributed by atoms with E-state index in [-0.39, 0.29) is 57.6 Å². The Bertz CT molecular complexity index is 2100. The van der Waals surface area contributed by atoms with E-state index in [2.05, 4.69) is 63.7 Å². The summed E-state index contributed by atoms with van der Waals surface area (Å²) in [7, 11) is 2.98. The Hall–Kier alpha value is -3.26. The highest BCUT2D eigenvalue weighted by molar-refractivity contribution is 9.11. The van der Waals surface area contributed by atoms with Crippen molar-refractivity contribution in [1.29, 1.82) is 0 Å². The maximum Gasteiger partial charge on any atom is 0.131 e. The van der Waals surface area contributed by atoms with Crippen molar-refractivity contribution in [3.8, 4) is 67.5 Å². The average Bonchev–Trinajstić information content (AvgIpc) is 3.12. The first kappa shape index (κ1) is 45.1. The third kappa shape index (κ3) is 10.9. The van der Waals surface area contributed by atoms with Gasteiger partial charge in [0.05, 0.1) is 19.6 Å². The van der Waals surface area contributed by atoms with E-state index in [1.54, 1.807) is 48.5 Å². The zero-order valence-electron chi connectivity index (χ0n) is 27.4. The number of methoxy groups -OCH3 is 2. The molecule has 0 atom stereocenters. The minimum atomic E-state index is -0.709. The van der Waals surface area contributed by atoms with Gasteiger partial charge in [-0.2, -0.15) is 0 Å². The van der Waals surface area contributed by atoms with Crippen molar-refractivity contribution in [2.24, 2.45) is 0 Å². The van der Waals surface area contributed by atoms with Crippen LogP contribution in [0.25, 0.3) is 44.5 Å². The Morgan fingerprint density at radius 1 is 0.444 bits per heavy atom. The monoisotopic (exact) mass is 1040 g/mol. The predicted octanol–water partition coefficient (Wildman–Crippen LogP) is 15.1. The number of halogens is 10. The molecule has 6 aromatic rings. The van der Waals surface area contributed by atoms with Crippen LogP contribution in [-0.2, 0) is 0 Å². The lowest BCUT2D eigenvalue weighted by Crippen LogP contribution is -1.96. The Morgan fingerprint density at radius 2 is 0.685 bits per heavy atom. The lowest BCUT2D eigenvalue weighted by atomic mass is 9.98. The van der Waals surface area contributed by atoms with Crippen molar-refractivity contribution in [1.82, 2.24) is 0 Å². The normalized spacial score (nSPS) is 10.3. The van der Waals surface area contributed by atoms with E-state index >= 15 is 0 Å². The number of benzene rings is 6. The molecule has 0 saturated heterocycles. The third-order valence-corrected chi connectivity index (χ3v) is 9.49. The third-order valence-electron chi connectivity index (χ3n) is 7.51. The van der Waals surface area contributed by atoms with Crippen LogP contribution < -0.4 is 9.47 Å². The summed E-state index contributed by atoms with van der Waals surface area (Å²) >= 11 is 22.7. The van der Waals surface area contributed by atoms with Gasteiger partial charge in [-0.1, -0.05) is 71.1 Å². The summed E-state index contributed by atoms with van der Waals surface area (Å²) in [4.78, 5) is 0. The maximum absolute atomic E-state index is 14.9. The van der Waals surface area contributed by atoms with E-state index in [4.69, 9.17) is 32.7 Å². The second-order valence-corrected chi connectivity index (χ2v) is 15.2. The molecule has 0 bridgehead atoms. The van der Waals surface area contributed by atoms with E-state index in [0.29, 0.717) is 31.6 Å². The Kier molecular flexibility index (Phi) is 17.2. The van der Waals surface area contributed by atoms with Crippen LogP contribution in [-0.4, -0.2) is 29.8 Å². The van der Waals surface area contributed by atoms with E-state index in [1.807, 2.05) is 0 Å². The van der Waals surface area contributed by atoms with E-state index in [9.17, 15) is 27.8 Å². The first-order valence-corrected chi connectivity index (χ1v) is 19.2. The van der Waals surface area contributed by atoms with Crippen molar-refractivity contribution in [2.75, 3.05) is 19.6 Å². The van der Waals surface area contributed by atoms with Crippen LogP contribution in [0.3, 0.4) is 0 Å². The number of phenolic OH excluding ortho intramolecular Hbond substituents is 2. The van der Waals surface area contributed by atoms with Crippen LogP contribution in [0, 0.1) is 23.3 Å². The molecule has 0 saturated carbocycles. The number of phenols is 2. The SMILES string of the molecule is C.COc1ccc(Br)cc1-c1cc(F)c(-c2cc(Br)ccc2OC)cc1F.ClCCl.Oc1ccc(Br)cc1-c1cc(F)c(-c2cc(Br)ccc2O)cc1F. The molecule has 54 heavy (non-hydrogen) atoms. The molecule has 0 amide bonds. The Labute approximate surface area is 354 Å². The van der Waals surface area contributed by atoms with Crippen molar-refractivity contribution in [3.63, 3.8) is 0 Å². The number of hydrogen-bond acceptors (Lipinski definition) is 4. The van der Waals surface area contributed by atoms with Crippen LogP contribution in [0.5, 0.6) is 23.0 Å². The molecule has 0 heterocycles. The van der Waals surface area contributed by atoms with Crippen LogP contribution in [0.15, 0.2) is 115 Å². The summed E-state index contributed by atoms with van der Waals surface area (Å²) in [6.45, 7) is 0. The molecule has 0 aromatic heterocycles. The molecule has 2 N–H and O–H groups in total. The molecule has 6 aromatic carbocycles. The van der Waals surface area contributed by atoms with Crippen molar-refractivity contribution < 1.29 is 37.2 Å². The van der Waals surface area contributed by atoms with E-state index < -0.39 is 23.3 Å². The van der Waals surface area contributed by atoms with Gasteiger partial charge in [0.1, 0.15) is 46.3 Å². The van der Waals surface area contributed by atoms with Crippen LogP contribution in [0.4, 0.5) is 17.6 Å². The van der Waals surface area contributed by atoms with Gasteiger partial charge in [-0.3, -0.25) is 0 Å². The number of hydrogen-bond donors (Lipinski definition) is 2. The Morgan fingerprint density at radius 3 is 0.963 bits per heavy atom. The van der Waals surface area contributed by atoms with Crippen molar-refractivity contribution in [3.05, 3.63) is 138 Å². The second kappa shape index (κ2) is 20.6. The molecule has 0 radical (unpaired) electrons. The van der Waals surface area contributed by atoms with Gasteiger partial charge in [-0.15, -0.1) is 23.2 Å². The largest absolute Gasteiger partial charge is 0.507 e. The Balaban J connectivity index is 0.000000267. The molecule has 0 fully saturated rings. The molecule has 0 spiro atoms. The fourth-order valence-corrected chi connectivity index (χ4v) is 6.59. The van der Waals surface area contributed by atoms with E-state index in [1.165, 1.54) is 50.6 Å². The summed E-state index contributed by atoms with van der Waals surface area (Å²) in [5.74, 6) is -1.93. The van der Waals surface area contributed by atoms with Gasteiger partial charge < -0.3 is 19.7 Å². The molecule has 0 aliphatic rings. The molecule has 284 valence electrons. The van der Waals surface area contributed by atoms with Gasteiger partial charge >= 0.3 is 0 Å². The lowest BCUT2D eigenvalue weighted by molar-refractivity contribution is 0.415. The van der Waals surface area contributed by atoms with Gasteiger partial charge in [-0.05, 0) is 97.1 Å². The fourth-order valence-electron chi connectivity index (χ4n) is 5.15. The summed E-state index contributed by atoms with van der Waals surface area (Å²) < 4.78 is 72.2. The number of aromatic hydroxyl groups is 2. The minimum Gasteiger partial charge on any atom is -0.507 e. The smallest absolute Gasteiger partial charge is 0.131 e. The fraction of sp³-hybridized carbons (Fsp3) is 0.100. The highest BCUT2D eigenvalue weighted by Crippen LogP contribution is 2.41. The molecule has 0 aliphatic carbocycles. The minimum absolute atomic E-state index is 0. The first-order chi connectivity index (χ1) is 25.2. The molecule has 6 rings (SSSR count). The summed E-state index contributed by atoms with van der Waals surface area (Å²) in [5, 5.41) is 20.0. The first-order valence-electron chi connectivity index (χ1n) is 15.0. The molecule has 14 heteroatoms. The summed E-state index contributed by atoms with van der Waals surface area (Å²) in [6.07, 6.45) is 0. The number of alkyl halides is 2. The van der Waals surface area contributed by atoms with Crippen LogP contribution >= 0.6 is 86.9 Å². The quantitative estimate of drug-likeness (QED) is 0.129. The van der Waals surface area contributed by atoms with Gasteiger partial charge in [0, 0.05) is 62.4 Å².